The Hall–Kier alpha value is -2.28. The van der Waals surface area contributed by atoms with Gasteiger partial charge in [0.2, 0.25) is 0 Å². The normalized spacial score (nSPS) is 19.6. The molecule has 1 saturated carbocycles. The van der Waals surface area contributed by atoms with Crippen LogP contribution < -0.4 is 10.6 Å². The predicted octanol–water partition coefficient (Wildman–Crippen LogP) is 5.90. The summed E-state index contributed by atoms with van der Waals surface area (Å²) in [5.41, 5.74) is -1.34. The van der Waals surface area contributed by atoms with Gasteiger partial charge in [-0.05, 0) is 55.9 Å². The molecule has 2 aromatic carbocycles. The lowest BCUT2D eigenvalue weighted by Crippen LogP contribution is -2.39. The highest BCUT2D eigenvalue weighted by atomic mass is 35.5. The topological polar surface area (TPSA) is 41.1 Å². The number of hydrogen-bond acceptors (Lipinski definition) is 2. The van der Waals surface area contributed by atoms with Crippen LogP contribution in [0.5, 0.6) is 0 Å². The van der Waals surface area contributed by atoms with Crippen molar-refractivity contribution in [1.29, 1.82) is 0 Å². The molecule has 1 fully saturated rings. The molecule has 0 unspecified atom stereocenters. The molecule has 0 atom stereocenters. The number of amides is 1. The zero-order valence-electron chi connectivity index (χ0n) is 15.5. The molecule has 1 amide bonds. The first-order chi connectivity index (χ1) is 13.8. The number of rotatable bonds is 5. The fraction of sp³-hybridized carbons (Fsp3) is 0.381. The lowest BCUT2D eigenvalue weighted by atomic mass is 9.85. The molecule has 0 aromatic heterocycles. The third kappa shape index (κ3) is 5.41. The average Bonchev–Trinajstić information content (AvgIpc) is 2.69. The molecule has 1 aliphatic carbocycles. The van der Waals surface area contributed by atoms with Crippen LogP contribution in [-0.2, 0) is 6.18 Å². The highest BCUT2D eigenvalue weighted by Crippen LogP contribution is 2.35. The van der Waals surface area contributed by atoms with E-state index in [9.17, 15) is 22.4 Å². The number of para-hydroxylation sites is 1. The SMILES string of the molecule is O=C(NC1CCC(CNc2ccccc2)CC1)c1c(C(F)(F)F)ccc(Cl)c1F. The third-order valence-corrected chi connectivity index (χ3v) is 5.47. The number of carbonyl (C=O) groups excluding carboxylic acids is 1. The molecular formula is C21H21ClF4N2O. The summed E-state index contributed by atoms with van der Waals surface area (Å²) in [7, 11) is 0. The summed E-state index contributed by atoms with van der Waals surface area (Å²) in [6, 6.07) is 10.9. The Balaban J connectivity index is 1.58. The summed E-state index contributed by atoms with van der Waals surface area (Å²) >= 11 is 5.60. The van der Waals surface area contributed by atoms with Gasteiger partial charge >= 0.3 is 6.18 Å². The van der Waals surface area contributed by atoms with Crippen LogP contribution in [0.2, 0.25) is 5.02 Å². The lowest BCUT2D eigenvalue weighted by molar-refractivity contribution is -0.138. The minimum absolute atomic E-state index is 0.296. The molecule has 0 bridgehead atoms. The zero-order valence-corrected chi connectivity index (χ0v) is 16.3. The van der Waals surface area contributed by atoms with Crippen LogP contribution in [-0.4, -0.2) is 18.5 Å². The van der Waals surface area contributed by atoms with Crippen molar-refractivity contribution in [3.63, 3.8) is 0 Å². The Labute approximate surface area is 171 Å². The van der Waals surface area contributed by atoms with Gasteiger partial charge in [0.25, 0.3) is 5.91 Å². The Morgan fingerprint density at radius 2 is 1.69 bits per heavy atom. The quantitative estimate of drug-likeness (QED) is 0.582. The molecule has 0 radical (unpaired) electrons. The van der Waals surface area contributed by atoms with Gasteiger partial charge in [0.1, 0.15) is 0 Å². The number of halogens is 5. The Bertz CT molecular complexity index is 850. The molecule has 0 saturated heterocycles. The van der Waals surface area contributed by atoms with Crippen LogP contribution in [0.15, 0.2) is 42.5 Å². The number of alkyl halides is 3. The first-order valence-corrected chi connectivity index (χ1v) is 9.78. The number of anilines is 1. The number of carbonyl (C=O) groups is 1. The molecular weight excluding hydrogens is 408 g/mol. The van der Waals surface area contributed by atoms with E-state index in [0.29, 0.717) is 24.8 Å². The van der Waals surface area contributed by atoms with Gasteiger partial charge in [0.15, 0.2) is 5.82 Å². The van der Waals surface area contributed by atoms with Gasteiger partial charge in [-0.1, -0.05) is 29.8 Å². The van der Waals surface area contributed by atoms with E-state index >= 15 is 0 Å². The average molecular weight is 429 g/mol. The van der Waals surface area contributed by atoms with Crippen LogP contribution in [0.25, 0.3) is 0 Å². The van der Waals surface area contributed by atoms with E-state index in [1.165, 1.54) is 0 Å². The van der Waals surface area contributed by atoms with Gasteiger partial charge in [-0.3, -0.25) is 4.79 Å². The molecule has 3 nitrogen and oxygen atoms in total. The van der Waals surface area contributed by atoms with E-state index in [-0.39, 0.29) is 6.04 Å². The maximum atomic E-state index is 14.2. The lowest BCUT2D eigenvalue weighted by Gasteiger charge is -2.29. The molecule has 0 spiro atoms. The maximum absolute atomic E-state index is 14.2. The fourth-order valence-electron chi connectivity index (χ4n) is 3.60. The molecule has 2 aromatic rings. The highest BCUT2D eigenvalue weighted by molar-refractivity contribution is 6.31. The van der Waals surface area contributed by atoms with E-state index in [4.69, 9.17) is 11.6 Å². The first kappa shape index (κ1) is 21.4. The van der Waals surface area contributed by atoms with Crippen molar-refractivity contribution in [1.82, 2.24) is 5.32 Å². The van der Waals surface area contributed by atoms with Gasteiger partial charge in [0, 0.05) is 18.3 Å². The van der Waals surface area contributed by atoms with Crippen molar-refractivity contribution in [3.05, 3.63) is 64.4 Å². The first-order valence-electron chi connectivity index (χ1n) is 9.40. The zero-order chi connectivity index (χ0) is 21.0. The van der Waals surface area contributed by atoms with Crippen LogP contribution in [0, 0.1) is 11.7 Å². The van der Waals surface area contributed by atoms with Crippen molar-refractivity contribution in [2.24, 2.45) is 5.92 Å². The van der Waals surface area contributed by atoms with Crippen LogP contribution in [0.3, 0.4) is 0 Å². The van der Waals surface area contributed by atoms with Gasteiger partial charge in [-0.15, -0.1) is 0 Å². The fourth-order valence-corrected chi connectivity index (χ4v) is 3.75. The second-order valence-electron chi connectivity index (χ2n) is 7.22. The van der Waals surface area contributed by atoms with Crippen LogP contribution >= 0.6 is 11.6 Å². The van der Waals surface area contributed by atoms with E-state index < -0.39 is 34.1 Å². The Morgan fingerprint density at radius 1 is 1.03 bits per heavy atom. The van der Waals surface area contributed by atoms with Crippen LogP contribution in [0.4, 0.5) is 23.2 Å². The molecule has 2 N–H and O–H groups in total. The monoisotopic (exact) mass is 428 g/mol. The van der Waals surface area contributed by atoms with Crippen molar-refractivity contribution >= 4 is 23.2 Å². The smallest absolute Gasteiger partial charge is 0.385 e. The van der Waals surface area contributed by atoms with E-state index in [2.05, 4.69) is 10.6 Å². The van der Waals surface area contributed by atoms with Crippen molar-refractivity contribution in [3.8, 4) is 0 Å². The summed E-state index contributed by atoms with van der Waals surface area (Å²) in [5.74, 6) is -2.03. The molecule has 8 heteroatoms. The van der Waals surface area contributed by atoms with E-state index in [0.717, 1.165) is 31.1 Å². The van der Waals surface area contributed by atoms with Crippen molar-refractivity contribution < 1.29 is 22.4 Å². The predicted molar refractivity (Wildman–Crippen MR) is 105 cm³/mol. The number of benzene rings is 2. The maximum Gasteiger partial charge on any atom is 0.417 e. The Kier molecular flexibility index (Phi) is 6.67. The molecule has 156 valence electrons. The minimum Gasteiger partial charge on any atom is -0.385 e. The van der Waals surface area contributed by atoms with E-state index in [1.807, 2.05) is 30.3 Å². The number of nitrogens with one attached hydrogen (secondary N) is 2. The van der Waals surface area contributed by atoms with Gasteiger partial charge in [-0.2, -0.15) is 13.2 Å². The summed E-state index contributed by atoms with van der Waals surface area (Å²) in [6.45, 7) is 0.784. The molecule has 1 aliphatic rings. The summed E-state index contributed by atoms with van der Waals surface area (Å²) in [6.07, 6.45) is -1.98. The molecule has 3 rings (SSSR count). The highest BCUT2D eigenvalue weighted by Gasteiger charge is 2.38. The summed E-state index contributed by atoms with van der Waals surface area (Å²) in [5, 5.41) is 5.39. The third-order valence-electron chi connectivity index (χ3n) is 5.18. The molecule has 29 heavy (non-hydrogen) atoms. The largest absolute Gasteiger partial charge is 0.417 e. The molecule has 0 heterocycles. The van der Waals surface area contributed by atoms with Gasteiger partial charge in [-0.25, -0.2) is 4.39 Å². The molecule has 0 aliphatic heterocycles. The number of hydrogen-bond donors (Lipinski definition) is 2. The van der Waals surface area contributed by atoms with E-state index in [1.54, 1.807) is 0 Å². The van der Waals surface area contributed by atoms with Gasteiger partial charge in [0.05, 0.1) is 16.1 Å². The standard InChI is InChI=1S/C21H21ClF4N2O/c22-17-11-10-16(21(24,25)26)18(19(17)23)20(29)28-15-8-6-13(7-9-15)12-27-14-4-2-1-3-5-14/h1-5,10-11,13,15,27H,6-9,12H2,(H,28,29). The second kappa shape index (κ2) is 9.03. The summed E-state index contributed by atoms with van der Waals surface area (Å²) < 4.78 is 53.8. The van der Waals surface area contributed by atoms with Crippen molar-refractivity contribution in [2.75, 3.05) is 11.9 Å². The minimum atomic E-state index is -4.85. The second-order valence-corrected chi connectivity index (χ2v) is 7.63. The van der Waals surface area contributed by atoms with Crippen molar-refractivity contribution in [2.45, 2.75) is 37.9 Å². The Morgan fingerprint density at radius 3 is 2.31 bits per heavy atom. The summed E-state index contributed by atoms with van der Waals surface area (Å²) in [4.78, 5) is 12.4. The van der Waals surface area contributed by atoms with Crippen LogP contribution in [0.1, 0.15) is 41.6 Å². The van der Waals surface area contributed by atoms with Gasteiger partial charge < -0.3 is 10.6 Å².